The maximum atomic E-state index is 12.4. The van der Waals surface area contributed by atoms with Gasteiger partial charge in [-0.15, -0.1) is 0 Å². The highest BCUT2D eigenvalue weighted by molar-refractivity contribution is 5.89. The Morgan fingerprint density at radius 1 is 0.778 bits per heavy atom. The van der Waals surface area contributed by atoms with E-state index < -0.39 is 0 Å². The number of azo groups is 1. The predicted octanol–water partition coefficient (Wildman–Crippen LogP) is 5.82. The number of aryl methyl sites for hydroxylation is 1. The van der Waals surface area contributed by atoms with Crippen LogP contribution in [0.1, 0.15) is 27.9 Å². The number of benzene rings is 3. The maximum Gasteiger partial charge on any atom is 0.338 e. The van der Waals surface area contributed by atoms with Crippen LogP contribution in [0.25, 0.3) is 0 Å². The van der Waals surface area contributed by atoms with Gasteiger partial charge in [0.15, 0.2) is 0 Å². The molecule has 134 valence electrons. The molecule has 1 unspecified atom stereocenters. The van der Waals surface area contributed by atoms with Gasteiger partial charge in [-0.05, 0) is 60.4 Å². The second-order valence-corrected chi connectivity index (χ2v) is 6.62. The number of rotatable bonds is 4. The van der Waals surface area contributed by atoms with Crippen molar-refractivity contribution in [3.63, 3.8) is 0 Å². The summed E-state index contributed by atoms with van der Waals surface area (Å²) in [5.74, 6) is -0.286. The molecule has 3 aromatic carbocycles. The van der Waals surface area contributed by atoms with Crippen LogP contribution in [0.3, 0.4) is 0 Å². The van der Waals surface area contributed by atoms with Crippen LogP contribution in [-0.4, -0.2) is 12.1 Å². The molecule has 0 heterocycles. The van der Waals surface area contributed by atoms with Crippen LogP contribution in [0.5, 0.6) is 0 Å². The topological polar surface area (TPSA) is 51.0 Å². The molecule has 4 nitrogen and oxygen atoms in total. The van der Waals surface area contributed by atoms with Crippen molar-refractivity contribution in [1.29, 1.82) is 0 Å². The first-order valence-corrected chi connectivity index (χ1v) is 9.12. The molecule has 0 amide bonds. The summed E-state index contributed by atoms with van der Waals surface area (Å²) in [5.41, 5.74) is 4.66. The summed E-state index contributed by atoms with van der Waals surface area (Å²) in [5, 5.41) is 8.37. The highest BCUT2D eigenvalue weighted by Crippen LogP contribution is 2.24. The van der Waals surface area contributed by atoms with E-state index in [1.54, 1.807) is 24.3 Å². The standard InChI is InChI=1S/C23H20N2O2/c26-23(27-22-15-12-17-6-4-5-7-19(17)16-22)18-10-13-21(14-11-18)25-24-20-8-2-1-3-9-20/h1-11,13-14,22H,12,15-16H2. The van der Waals surface area contributed by atoms with Crippen LogP contribution >= 0.6 is 0 Å². The van der Waals surface area contributed by atoms with Crippen LogP contribution in [-0.2, 0) is 17.6 Å². The van der Waals surface area contributed by atoms with Gasteiger partial charge in [0, 0.05) is 6.42 Å². The second-order valence-electron chi connectivity index (χ2n) is 6.62. The van der Waals surface area contributed by atoms with E-state index in [0.717, 1.165) is 24.9 Å². The maximum absolute atomic E-state index is 12.4. The number of carbonyl (C=O) groups excluding carboxylic acids is 1. The van der Waals surface area contributed by atoms with Crippen molar-refractivity contribution in [3.05, 3.63) is 95.6 Å². The molecule has 0 spiro atoms. The number of carbonyl (C=O) groups is 1. The molecule has 4 heteroatoms. The van der Waals surface area contributed by atoms with E-state index in [4.69, 9.17) is 4.74 Å². The van der Waals surface area contributed by atoms with Gasteiger partial charge in [-0.25, -0.2) is 4.79 Å². The van der Waals surface area contributed by atoms with Crippen LogP contribution in [0.15, 0.2) is 89.1 Å². The van der Waals surface area contributed by atoms with Crippen molar-refractivity contribution in [3.8, 4) is 0 Å². The minimum Gasteiger partial charge on any atom is -0.458 e. The average molecular weight is 356 g/mol. The lowest BCUT2D eigenvalue weighted by atomic mass is 9.90. The summed E-state index contributed by atoms with van der Waals surface area (Å²) < 4.78 is 5.71. The third kappa shape index (κ3) is 4.29. The highest BCUT2D eigenvalue weighted by Gasteiger charge is 2.22. The molecule has 1 aliphatic carbocycles. The largest absolute Gasteiger partial charge is 0.458 e. The van der Waals surface area contributed by atoms with E-state index in [1.165, 1.54) is 11.1 Å². The SMILES string of the molecule is O=C(OC1CCc2ccccc2C1)c1ccc(N=Nc2ccccc2)cc1. The van der Waals surface area contributed by atoms with Gasteiger partial charge in [0.2, 0.25) is 0 Å². The lowest BCUT2D eigenvalue weighted by Crippen LogP contribution is -2.25. The van der Waals surface area contributed by atoms with E-state index in [9.17, 15) is 4.79 Å². The zero-order chi connectivity index (χ0) is 18.5. The number of esters is 1. The fourth-order valence-electron chi connectivity index (χ4n) is 3.26. The van der Waals surface area contributed by atoms with Gasteiger partial charge in [0.1, 0.15) is 6.10 Å². The lowest BCUT2D eigenvalue weighted by Gasteiger charge is -2.24. The minimum absolute atomic E-state index is 0.0650. The van der Waals surface area contributed by atoms with Crippen LogP contribution in [0.4, 0.5) is 11.4 Å². The van der Waals surface area contributed by atoms with Crippen LogP contribution in [0, 0.1) is 0 Å². The molecule has 0 N–H and O–H groups in total. The number of ether oxygens (including phenoxy) is 1. The van der Waals surface area contributed by atoms with Crippen molar-refractivity contribution in [1.82, 2.24) is 0 Å². The van der Waals surface area contributed by atoms with Crippen molar-refractivity contribution in [2.75, 3.05) is 0 Å². The average Bonchev–Trinajstić information content (AvgIpc) is 2.73. The Morgan fingerprint density at radius 3 is 2.15 bits per heavy atom. The minimum atomic E-state index is -0.286. The Bertz CT molecular complexity index is 950. The monoisotopic (exact) mass is 356 g/mol. The third-order valence-electron chi connectivity index (χ3n) is 4.72. The molecule has 27 heavy (non-hydrogen) atoms. The Morgan fingerprint density at radius 2 is 1.41 bits per heavy atom. The summed E-state index contributed by atoms with van der Waals surface area (Å²) in [7, 11) is 0. The van der Waals surface area contributed by atoms with Crippen LogP contribution < -0.4 is 0 Å². The summed E-state index contributed by atoms with van der Waals surface area (Å²) in [6, 6.07) is 24.9. The Kier molecular flexibility index (Phi) is 5.06. The molecule has 0 aromatic heterocycles. The summed E-state index contributed by atoms with van der Waals surface area (Å²) in [4.78, 5) is 12.4. The number of nitrogens with zero attached hydrogens (tertiary/aromatic N) is 2. The van der Waals surface area contributed by atoms with E-state index in [1.807, 2.05) is 36.4 Å². The molecule has 4 rings (SSSR count). The van der Waals surface area contributed by atoms with E-state index in [2.05, 4.69) is 28.4 Å². The fraction of sp³-hybridized carbons (Fsp3) is 0.174. The summed E-state index contributed by atoms with van der Waals surface area (Å²) >= 11 is 0. The van der Waals surface area contributed by atoms with Gasteiger partial charge in [0.25, 0.3) is 0 Å². The second kappa shape index (κ2) is 7.96. The molecule has 1 atom stereocenters. The van der Waals surface area contributed by atoms with Crippen molar-refractivity contribution < 1.29 is 9.53 Å². The molecule has 0 bridgehead atoms. The van der Waals surface area contributed by atoms with Gasteiger partial charge in [-0.3, -0.25) is 0 Å². The molecule has 1 aliphatic rings. The molecule has 0 saturated carbocycles. The van der Waals surface area contributed by atoms with Crippen molar-refractivity contribution >= 4 is 17.3 Å². The molecular formula is C23H20N2O2. The molecule has 3 aromatic rings. The zero-order valence-electron chi connectivity index (χ0n) is 14.9. The molecule has 0 aliphatic heterocycles. The van der Waals surface area contributed by atoms with Gasteiger partial charge in [-0.1, -0.05) is 42.5 Å². The van der Waals surface area contributed by atoms with Gasteiger partial charge in [0.05, 0.1) is 16.9 Å². The van der Waals surface area contributed by atoms with E-state index in [0.29, 0.717) is 11.3 Å². The van der Waals surface area contributed by atoms with Gasteiger partial charge < -0.3 is 4.74 Å². The Labute approximate surface area is 158 Å². The molecule has 0 fully saturated rings. The van der Waals surface area contributed by atoms with Crippen LogP contribution in [0.2, 0.25) is 0 Å². The highest BCUT2D eigenvalue weighted by atomic mass is 16.5. The normalized spacial score (nSPS) is 16.1. The third-order valence-corrected chi connectivity index (χ3v) is 4.72. The number of fused-ring (bicyclic) bond motifs is 1. The van der Waals surface area contributed by atoms with Gasteiger partial charge >= 0.3 is 5.97 Å². The fourth-order valence-corrected chi connectivity index (χ4v) is 3.26. The van der Waals surface area contributed by atoms with Crippen molar-refractivity contribution in [2.24, 2.45) is 10.2 Å². The molecule has 0 saturated heterocycles. The van der Waals surface area contributed by atoms with Crippen molar-refractivity contribution in [2.45, 2.75) is 25.4 Å². The first-order valence-electron chi connectivity index (χ1n) is 9.12. The number of hydrogen-bond acceptors (Lipinski definition) is 4. The lowest BCUT2D eigenvalue weighted by molar-refractivity contribution is 0.0271. The molecular weight excluding hydrogens is 336 g/mol. The first-order chi connectivity index (χ1) is 13.3. The Balaban J connectivity index is 1.38. The van der Waals surface area contributed by atoms with Gasteiger partial charge in [-0.2, -0.15) is 10.2 Å². The number of hydrogen-bond donors (Lipinski definition) is 0. The predicted molar refractivity (Wildman–Crippen MR) is 105 cm³/mol. The smallest absolute Gasteiger partial charge is 0.338 e. The summed E-state index contributed by atoms with van der Waals surface area (Å²) in [6.45, 7) is 0. The molecule has 0 radical (unpaired) electrons. The van der Waals surface area contributed by atoms with E-state index in [-0.39, 0.29) is 12.1 Å². The quantitative estimate of drug-likeness (QED) is 0.437. The first kappa shape index (κ1) is 17.2. The van der Waals surface area contributed by atoms with E-state index >= 15 is 0 Å². The Hall–Kier alpha value is -3.27. The summed E-state index contributed by atoms with van der Waals surface area (Å²) in [6.07, 6.45) is 2.54. The zero-order valence-corrected chi connectivity index (χ0v) is 14.9.